The SMILES string of the molecule is C[C@H]1c2ccc(NC(=O)CNC(=O)OC(C)(C)C)c(O)c2C(O)=C2C(=O)[C@]3(O)C(O)=C(C(N)=O)C(=O)[C@@H](N(C)C)[C@@H]3[C@@H](O)[C@@H]21. The number of hydrogen-bond acceptors (Lipinski definition) is 12. The van der Waals surface area contributed by atoms with E-state index in [1.165, 1.54) is 31.1 Å². The van der Waals surface area contributed by atoms with Crippen LogP contribution in [-0.2, 0) is 23.9 Å². The van der Waals surface area contributed by atoms with Gasteiger partial charge in [0.2, 0.25) is 11.7 Å². The monoisotopic (exact) mass is 616 g/mol. The zero-order valence-electron chi connectivity index (χ0n) is 25.0. The van der Waals surface area contributed by atoms with Gasteiger partial charge in [-0.25, -0.2) is 4.79 Å². The molecule has 0 heterocycles. The van der Waals surface area contributed by atoms with E-state index in [0.29, 0.717) is 0 Å². The van der Waals surface area contributed by atoms with Crippen molar-refractivity contribution in [1.82, 2.24) is 10.2 Å². The van der Waals surface area contributed by atoms with Crippen LogP contribution in [0.5, 0.6) is 5.75 Å². The normalized spacial score (nSPS) is 28.2. The number of anilines is 1. The second-order valence-electron chi connectivity index (χ2n) is 12.4. The number of aliphatic hydroxyl groups excluding tert-OH is 3. The van der Waals surface area contributed by atoms with Gasteiger partial charge >= 0.3 is 6.09 Å². The Hall–Kier alpha value is -4.47. The fourth-order valence-corrected chi connectivity index (χ4v) is 6.38. The first kappa shape index (κ1) is 32.4. The van der Waals surface area contributed by atoms with Crippen LogP contribution in [0.25, 0.3) is 5.76 Å². The Balaban J connectivity index is 1.78. The number of hydrogen-bond donors (Lipinski definition) is 8. The molecular formula is C29H36N4O11. The lowest BCUT2D eigenvalue weighted by Gasteiger charge is -2.53. The molecule has 1 aromatic carbocycles. The molecule has 15 nitrogen and oxygen atoms in total. The number of aromatic hydroxyl groups is 1. The zero-order chi connectivity index (χ0) is 33.2. The van der Waals surface area contributed by atoms with Gasteiger partial charge in [0.05, 0.1) is 29.3 Å². The van der Waals surface area contributed by atoms with Crippen molar-refractivity contribution < 1.29 is 54.2 Å². The molecule has 44 heavy (non-hydrogen) atoms. The molecule has 1 aromatic rings. The third kappa shape index (κ3) is 4.96. The molecule has 6 atom stereocenters. The highest BCUT2D eigenvalue weighted by atomic mass is 16.6. The number of fused-ring (bicyclic) bond motifs is 3. The molecule has 0 aromatic heterocycles. The smallest absolute Gasteiger partial charge is 0.408 e. The number of ether oxygens (including phenoxy) is 1. The number of nitrogens with zero attached hydrogens (tertiary/aromatic N) is 1. The summed E-state index contributed by atoms with van der Waals surface area (Å²) in [5, 5.41) is 61.5. The van der Waals surface area contributed by atoms with E-state index in [-0.39, 0.29) is 16.8 Å². The molecule has 15 heteroatoms. The van der Waals surface area contributed by atoms with Crippen molar-refractivity contribution in [3.8, 4) is 5.75 Å². The molecule has 3 amide bonds. The van der Waals surface area contributed by atoms with E-state index in [4.69, 9.17) is 10.5 Å². The van der Waals surface area contributed by atoms with E-state index in [0.717, 1.165) is 0 Å². The summed E-state index contributed by atoms with van der Waals surface area (Å²) in [6.45, 7) is 5.97. The van der Waals surface area contributed by atoms with Crippen LogP contribution < -0.4 is 16.4 Å². The van der Waals surface area contributed by atoms with Crippen molar-refractivity contribution in [3.63, 3.8) is 0 Å². The number of primary amides is 1. The van der Waals surface area contributed by atoms with Crippen LogP contribution in [-0.4, -0.2) is 104 Å². The Morgan fingerprint density at radius 3 is 2.27 bits per heavy atom. The molecule has 9 N–H and O–H groups in total. The highest BCUT2D eigenvalue weighted by molar-refractivity contribution is 6.24. The van der Waals surface area contributed by atoms with Gasteiger partial charge in [-0.2, -0.15) is 0 Å². The van der Waals surface area contributed by atoms with Gasteiger partial charge in [0.25, 0.3) is 5.91 Å². The average Bonchev–Trinajstić information content (AvgIpc) is 2.89. The number of phenols is 1. The number of rotatable bonds is 5. The van der Waals surface area contributed by atoms with Crippen LogP contribution in [0.2, 0.25) is 0 Å². The molecule has 0 aliphatic heterocycles. The molecule has 238 valence electrons. The van der Waals surface area contributed by atoms with Gasteiger partial charge in [-0.1, -0.05) is 13.0 Å². The largest absolute Gasteiger partial charge is 0.508 e. The van der Waals surface area contributed by atoms with Crippen LogP contribution in [0.3, 0.4) is 0 Å². The lowest BCUT2D eigenvalue weighted by molar-refractivity contribution is -0.169. The average molecular weight is 617 g/mol. The number of alkyl carbamates (subject to hydrolysis) is 1. The zero-order valence-corrected chi connectivity index (χ0v) is 25.0. The molecule has 0 bridgehead atoms. The van der Waals surface area contributed by atoms with E-state index in [9.17, 15) is 49.5 Å². The maximum atomic E-state index is 14.0. The number of ketones is 2. The number of carbonyl (C=O) groups excluding carboxylic acids is 5. The van der Waals surface area contributed by atoms with Gasteiger partial charge in [0.1, 0.15) is 35.0 Å². The van der Waals surface area contributed by atoms with Gasteiger partial charge in [0.15, 0.2) is 11.4 Å². The van der Waals surface area contributed by atoms with E-state index < -0.39 is 106 Å². The summed E-state index contributed by atoms with van der Waals surface area (Å²) in [5.74, 6) is -11.1. The molecule has 0 radical (unpaired) electrons. The fourth-order valence-electron chi connectivity index (χ4n) is 6.38. The lowest BCUT2D eigenvalue weighted by atomic mass is 9.54. The van der Waals surface area contributed by atoms with Crippen molar-refractivity contribution in [3.05, 3.63) is 40.2 Å². The highest BCUT2D eigenvalue weighted by Crippen LogP contribution is 2.56. The molecular weight excluding hydrogens is 580 g/mol. The number of nitrogens with one attached hydrogen (secondary N) is 2. The summed E-state index contributed by atoms with van der Waals surface area (Å²) in [6.07, 6.45) is -2.58. The summed E-state index contributed by atoms with van der Waals surface area (Å²) < 4.78 is 5.07. The number of likely N-dealkylation sites (N-methyl/N-ethyl adjacent to an activating group) is 1. The van der Waals surface area contributed by atoms with Crippen LogP contribution >= 0.6 is 0 Å². The summed E-state index contributed by atoms with van der Waals surface area (Å²) in [6, 6.07) is 1.30. The third-order valence-corrected chi connectivity index (χ3v) is 8.20. The Morgan fingerprint density at radius 2 is 1.73 bits per heavy atom. The van der Waals surface area contributed by atoms with E-state index >= 15 is 0 Å². The molecule has 3 aliphatic rings. The van der Waals surface area contributed by atoms with Crippen molar-refractivity contribution in [2.75, 3.05) is 26.0 Å². The third-order valence-electron chi connectivity index (χ3n) is 8.20. The van der Waals surface area contributed by atoms with Crippen molar-refractivity contribution in [1.29, 1.82) is 0 Å². The number of aliphatic hydroxyl groups is 4. The number of phenolic OH excluding ortho intramolecular Hbond substituents is 1. The fraction of sp³-hybridized carbons (Fsp3) is 0.483. The topological polar surface area (TPSA) is 249 Å². The first-order valence-electron chi connectivity index (χ1n) is 13.7. The maximum Gasteiger partial charge on any atom is 0.408 e. The predicted octanol–water partition coefficient (Wildman–Crippen LogP) is -0.0410. The summed E-state index contributed by atoms with van der Waals surface area (Å²) in [7, 11) is 2.83. The van der Waals surface area contributed by atoms with Gasteiger partial charge in [-0.3, -0.25) is 24.1 Å². The second kappa shape index (κ2) is 10.9. The maximum absolute atomic E-state index is 14.0. The van der Waals surface area contributed by atoms with Gasteiger partial charge < -0.3 is 46.6 Å². The standard InChI is InChI=1S/C29H36N4O11/c1-10-11-7-8-12(32-13(34)9-31-27(42)44-28(2,3)4)20(35)15(11)21(36)16-14(10)22(37)18-19(33(5)6)23(38)17(26(30)41)25(40)29(18,43)24(16)39/h7-8,10,14,18-19,22,35-37,40,43H,9H2,1-6H3,(H2,30,41)(H,31,42)(H,32,34)/t10-,14+,18+,19-,22-,29-/m0/s1. The summed E-state index contributed by atoms with van der Waals surface area (Å²) in [4.78, 5) is 65.1. The summed E-state index contributed by atoms with van der Waals surface area (Å²) in [5.41, 5.74) is -0.343. The van der Waals surface area contributed by atoms with Crippen molar-refractivity contribution in [2.24, 2.45) is 17.6 Å². The van der Waals surface area contributed by atoms with Crippen LogP contribution in [0.1, 0.15) is 44.7 Å². The quantitative estimate of drug-likeness (QED) is 0.160. The first-order valence-corrected chi connectivity index (χ1v) is 13.7. The van der Waals surface area contributed by atoms with Crippen LogP contribution in [0.4, 0.5) is 10.5 Å². The molecule has 3 aliphatic carbocycles. The van der Waals surface area contributed by atoms with Gasteiger partial charge in [0, 0.05) is 11.5 Å². The minimum atomic E-state index is -3.04. The van der Waals surface area contributed by atoms with Gasteiger partial charge in [-0.05, 0) is 52.4 Å². The molecule has 0 spiro atoms. The predicted molar refractivity (Wildman–Crippen MR) is 153 cm³/mol. The Bertz CT molecular complexity index is 1540. The lowest BCUT2D eigenvalue weighted by Crippen LogP contribution is -2.70. The second-order valence-corrected chi connectivity index (χ2v) is 12.4. The van der Waals surface area contributed by atoms with Crippen molar-refractivity contribution in [2.45, 2.75) is 57.0 Å². The van der Waals surface area contributed by atoms with E-state index in [2.05, 4.69) is 10.6 Å². The first-order chi connectivity index (χ1) is 20.2. The van der Waals surface area contributed by atoms with Crippen LogP contribution in [0.15, 0.2) is 29.0 Å². The number of benzene rings is 1. The molecule has 1 saturated carbocycles. The Morgan fingerprint density at radius 1 is 1.11 bits per heavy atom. The number of Topliss-reactive ketones (excluding diaryl/α,β-unsaturated/α-hetero) is 2. The summed E-state index contributed by atoms with van der Waals surface area (Å²) >= 11 is 0. The number of carbonyl (C=O) groups is 5. The van der Waals surface area contributed by atoms with Gasteiger partial charge in [-0.15, -0.1) is 0 Å². The van der Waals surface area contributed by atoms with Crippen molar-refractivity contribution >= 4 is 40.9 Å². The highest BCUT2D eigenvalue weighted by Gasteiger charge is 2.68. The Kier molecular flexibility index (Phi) is 8.04. The van der Waals surface area contributed by atoms with E-state index in [1.807, 2.05) is 0 Å². The Labute approximate surface area is 252 Å². The number of amides is 3. The molecule has 0 unspecified atom stereocenters. The minimum absolute atomic E-state index is 0.201. The van der Waals surface area contributed by atoms with Crippen LogP contribution in [0, 0.1) is 11.8 Å². The van der Waals surface area contributed by atoms with E-state index in [1.54, 1.807) is 27.7 Å². The number of nitrogens with two attached hydrogens (primary N) is 1. The molecule has 1 fully saturated rings. The molecule has 0 saturated heterocycles. The molecule has 4 rings (SSSR count). The minimum Gasteiger partial charge on any atom is -0.508 e.